The zero-order valence-electron chi connectivity index (χ0n) is 5.77. The third-order valence-electron chi connectivity index (χ3n) is 0.901. The molecule has 0 N–H and O–H groups in total. The standard InChI is InChI=1S/C7H13BrO/c1-3-4-9-6-7(2)5-8/h3,7H,1,4-6H2,2H3. The van der Waals surface area contributed by atoms with Crippen LogP contribution in [0.4, 0.5) is 0 Å². The van der Waals surface area contributed by atoms with E-state index in [0.717, 1.165) is 11.9 Å². The van der Waals surface area contributed by atoms with Crippen LogP contribution in [0.1, 0.15) is 6.92 Å². The summed E-state index contributed by atoms with van der Waals surface area (Å²) >= 11 is 3.36. The molecule has 0 amide bonds. The molecule has 0 aliphatic heterocycles. The first kappa shape index (κ1) is 9.18. The van der Waals surface area contributed by atoms with Gasteiger partial charge < -0.3 is 4.74 Å². The molecule has 1 unspecified atom stereocenters. The highest BCUT2D eigenvalue weighted by Crippen LogP contribution is 1.99. The second-order valence-corrected chi connectivity index (χ2v) is 2.73. The first-order valence-electron chi connectivity index (χ1n) is 3.05. The average Bonchev–Trinajstić information content (AvgIpc) is 1.89. The normalized spacial score (nSPS) is 13.1. The minimum absolute atomic E-state index is 0.602. The molecule has 1 nitrogen and oxygen atoms in total. The van der Waals surface area contributed by atoms with Gasteiger partial charge in [0.05, 0.1) is 13.2 Å². The summed E-state index contributed by atoms with van der Waals surface area (Å²) in [5.41, 5.74) is 0. The van der Waals surface area contributed by atoms with Crippen LogP contribution in [-0.2, 0) is 4.74 Å². The minimum atomic E-state index is 0.602. The Bertz CT molecular complexity index is 73.3. The van der Waals surface area contributed by atoms with Gasteiger partial charge in [-0.1, -0.05) is 28.9 Å². The predicted octanol–water partition coefficient (Wildman–Crippen LogP) is 2.22. The molecule has 54 valence electrons. The second kappa shape index (κ2) is 6.30. The Morgan fingerprint density at radius 3 is 2.89 bits per heavy atom. The fourth-order valence-corrected chi connectivity index (χ4v) is 0.584. The first-order valence-corrected chi connectivity index (χ1v) is 4.18. The summed E-state index contributed by atoms with van der Waals surface area (Å²) < 4.78 is 5.19. The first-order chi connectivity index (χ1) is 4.31. The van der Waals surface area contributed by atoms with E-state index in [9.17, 15) is 0 Å². The smallest absolute Gasteiger partial charge is 0.0644 e. The Hall–Kier alpha value is 0.180. The van der Waals surface area contributed by atoms with E-state index in [4.69, 9.17) is 4.74 Å². The molecule has 0 saturated heterocycles. The maximum Gasteiger partial charge on any atom is 0.0644 e. The molecule has 9 heavy (non-hydrogen) atoms. The predicted molar refractivity (Wildman–Crippen MR) is 44.0 cm³/mol. The lowest BCUT2D eigenvalue weighted by molar-refractivity contribution is 0.137. The van der Waals surface area contributed by atoms with Gasteiger partial charge in [0.15, 0.2) is 0 Å². The van der Waals surface area contributed by atoms with Gasteiger partial charge in [0, 0.05) is 5.33 Å². The van der Waals surface area contributed by atoms with Crippen molar-refractivity contribution in [2.75, 3.05) is 18.5 Å². The van der Waals surface area contributed by atoms with Gasteiger partial charge in [0.2, 0.25) is 0 Å². The molecular formula is C7H13BrO. The van der Waals surface area contributed by atoms with Crippen LogP contribution in [0.3, 0.4) is 0 Å². The maximum atomic E-state index is 5.19. The molecule has 0 fully saturated rings. The Morgan fingerprint density at radius 1 is 1.78 bits per heavy atom. The van der Waals surface area contributed by atoms with E-state index in [1.807, 2.05) is 0 Å². The molecule has 0 spiro atoms. The van der Waals surface area contributed by atoms with Crippen molar-refractivity contribution in [1.29, 1.82) is 0 Å². The van der Waals surface area contributed by atoms with Crippen LogP contribution >= 0.6 is 15.9 Å². The van der Waals surface area contributed by atoms with Gasteiger partial charge in [0.25, 0.3) is 0 Å². The third kappa shape index (κ3) is 6.06. The van der Waals surface area contributed by atoms with E-state index >= 15 is 0 Å². The lowest BCUT2D eigenvalue weighted by Crippen LogP contribution is -2.06. The van der Waals surface area contributed by atoms with Gasteiger partial charge in [0.1, 0.15) is 0 Å². The van der Waals surface area contributed by atoms with Gasteiger partial charge in [-0.05, 0) is 5.92 Å². The van der Waals surface area contributed by atoms with Crippen LogP contribution in [0.5, 0.6) is 0 Å². The molecule has 0 bridgehead atoms. The van der Waals surface area contributed by atoms with Crippen LogP contribution in [0.15, 0.2) is 12.7 Å². The third-order valence-corrected chi connectivity index (χ3v) is 2.01. The molecule has 0 rings (SSSR count). The van der Waals surface area contributed by atoms with Crippen molar-refractivity contribution in [3.8, 4) is 0 Å². The summed E-state index contributed by atoms with van der Waals surface area (Å²) in [4.78, 5) is 0. The van der Waals surface area contributed by atoms with Gasteiger partial charge in [-0.15, -0.1) is 6.58 Å². The van der Waals surface area contributed by atoms with Crippen molar-refractivity contribution in [3.63, 3.8) is 0 Å². The molecular weight excluding hydrogens is 180 g/mol. The molecule has 1 atom stereocenters. The van der Waals surface area contributed by atoms with Crippen molar-refractivity contribution >= 4 is 15.9 Å². The summed E-state index contributed by atoms with van der Waals surface area (Å²) in [5.74, 6) is 0.602. The van der Waals surface area contributed by atoms with Gasteiger partial charge in [-0.25, -0.2) is 0 Å². The summed E-state index contributed by atoms with van der Waals surface area (Å²) in [6, 6.07) is 0. The zero-order valence-corrected chi connectivity index (χ0v) is 7.36. The van der Waals surface area contributed by atoms with Gasteiger partial charge in [-0.2, -0.15) is 0 Å². The fraction of sp³-hybridized carbons (Fsp3) is 0.714. The molecule has 0 aromatic rings. The van der Waals surface area contributed by atoms with Crippen molar-refractivity contribution < 1.29 is 4.74 Å². The molecule has 0 aromatic carbocycles. The highest BCUT2D eigenvalue weighted by atomic mass is 79.9. The van der Waals surface area contributed by atoms with E-state index in [0.29, 0.717) is 12.5 Å². The summed E-state index contributed by atoms with van der Waals surface area (Å²) in [6.07, 6.45) is 1.76. The lowest BCUT2D eigenvalue weighted by Gasteiger charge is -2.05. The summed E-state index contributed by atoms with van der Waals surface area (Å²) in [5, 5.41) is 1.00. The molecule has 0 aliphatic rings. The number of ether oxygens (including phenoxy) is 1. The van der Waals surface area contributed by atoms with E-state index in [2.05, 4.69) is 29.4 Å². The second-order valence-electron chi connectivity index (χ2n) is 2.09. The average molecular weight is 193 g/mol. The van der Waals surface area contributed by atoms with Crippen molar-refractivity contribution in [1.82, 2.24) is 0 Å². The van der Waals surface area contributed by atoms with Crippen LogP contribution in [-0.4, -0.2) is 18.5 Å². The van der Waals surface area contributed by atoms with E-state index in [1.165, 1.54) is 0 Å². The molecule has 0 radical (unpaired) electrons. The lowest BCUT2D eigenvalue weighted by atomic mass is 10.2. The quantitative estimate of drug-likeness (QED) is 0.369. The monoisotopic (exact) mass is 192 g/mol. The van der Waals surface area contributed by atoms with E-state index in [-0.39, 0.29) is 0 Å². The van der Waals surface area contributed by atoms with Crippen molar-refractivity contribution in [2.24, 2.45) is 5.92 Å². The highest BCUT2D eigenvalue weighted by Gasteiger charge is 1.96. The maximum absolute atomic E-state index is 5.19. The largest absolute Gasteiger partial charge is 0.377 e. The Balaban J connectivity index is 2.96. The highest BCUT2D eigenvalue weighted by molar-refractivity contribution is 9.09. The van der Waals surface area contributed by atoms with Gasteiger partial charge in [-0.3, -0.25) is 0 Å². The number of hydrogen-bond acceptors (Lipinski definition) is 1. The van der Waals surface area contributed by atoms with Crippen molar-refractivity contribution in [3.05, 3.63) is 12.7 Å². The number of alkyl halides is 1. The summed E-state index contributed by atoms with van der Waals surface area (Å²) in [7, 11) is 0. The van der Waals surface area contributed by atoms with Crippen LogP contribution < -0.4 is 0 Å². The molecule has 0 aromatic heterocycles. The van der Waals surface area contributed by atoms with E-state index in [1.54, 1.807) is 6.08 Å². The van der Waals surface area contributed by atoms with Crippen molar-refractivity contribution in [2.45, 2.75) is 6.92 Å². The number of rotatable bonds is 5. The zero-order chi connectivity index (χ0) is 7.11. The Labute approximate surface area is 65.2 Å². The Morgan fingerprint density at radius 2 is 2.44 bits per heavy atom. The van der Waals surface area contributed by atoms with Gasteiger partial charge >= 0.3 is 0 Å². The van der Waals surface area contributed by atoms with Crippen LogP contribution in [0.2, 0.25) is 0 Å². The van der Waals surface area contributed by atoms with Crippen LogP contribution in [0.25, 0.3) is 0 Å². The SMILES string of the molecule is C=CCOCC(C)CBr. The molecule has 0 saturated carbocycles. The molecule has 2 heteroatoms. The minimum Gasteiger partial charge on any atom is -0.377 e. The summed E-state index contributed by atoms with van der Waals surface area (Å²) in [6.45, 7) is 7.16. The van der Waals surface area contributed by atoms with Crippen LogP contribution in [0, 0.1) is 5.92 Å². The number of hydrogen-bond donors (Lipinski definition) is 0. The number of halogens is 1. The Kier molecular flexibility index (Phi) is 6.43. The topological polar surface area (TPSA) is 9.23 Å². The molecule has 0 aliphatic carbocycles. The van der Waals surface area contributed by atoms with E-state index < -0.39 is 0 Å². The fourth-order valence-electron chi connectivity index (χ4n) is 0.397. The molecule has 0 heterocycles.